The minimum atomic E-state index is -0.0788. The zero-order chi connectivity index (χ0) is 11.5. The Bertz CT molecular complexity index is 378. The fourth-order valence-corrected chi connectivity index (χ4v) is 1.96. The van der Waals surface area contributed by atoms with Crippen molar-refractivity contribution in [2.24, 2.45) is 0 Å². The summed E-state index contributed by atoms with van der Waals surface area (Å²) in [4.78, 5) is 11.8. The van der Waals surface area contributed by atoms with Crippen LogP contribution in [-0.4, -0.2) is 25.2 Å². The number of amides is 1. The Kier molecular flexibility index (Phi) is 3.29. The van der Waals surface area contributed by atoms with Gasteiger partial charge in [0.1, 0.15) is 11.5 Å². The minimum absolute atomic E-state index is 0.0788. The van der Waals surface area contributed by atoms with Crippen LogP contribution in [0.25, 0.3) is 0 Å². The molecule has 1 aromatic heterocycles. The Hall–Kier alpha value is -1.29. The van der Waals surface area contributed by atoms with Crippen LogP contribution in [0.4, 0.5) is 0 Å². The number of hydrogen-bond donors (Lipinski definition) is 1. The molecule has 1 fully saturated rings. The SMILES string of the molecule is Cc1cc(C(=O)NC[C@@H]2CCCO2)c(C)o1. The van der Waals surface area contributed by atoms with Crippen molar-refractivity contribution in [1.82, 2.24) is 5.32 Å². The lowest BCUT2D eigenvalue weighted by Gasteiger charge is -2.10. The van der Waals surface area contributed by atoms with Crippen LogP contribution < -0.4 is 5.32 Å². The Morgan fingerprint density at radius 1 is 1.56 bits per heavy atom. The number of rotatable bonds is 3. The highest BCUT2D eigenvalue weighted by atomic mass is 16.5. The van der Waals surface area contributed by atoms with E-state index in [1.54, 1.807) is 13.0 Å². The van der Waals surface area contributed by atoms with Crippen LogP contribution in [0.1, 0.15) is 34.7 Å². The summed E-state index contributed by atoms with van der Waals surface area (Å²) in [6.45, 7) is 5.03. The first-order valence-corrected chi connectivity index (χ1v) is 5.63. The van der Waals surface area contributed by atoms with Gasteiger partial charge < -0.3 is 14.5 Å². The van der Waals surface area contributed by atoms with Gasteiger partial charge in [-0.1, -0.05) is 0 Å². The van der Waals surface area contributed by atoms with E-state index in [1.165, 1.54) is 0 Å². The fraction of sp³-hybridized carbons (Fsp3) is 0.583. The maximum Gasteiger partial charge on any atom is 0.254 e. The van der Waals surface area contributed by atoms with Gasteiger partial charge in [-0.15, -0.1) is 0 Å². The molecule has 2 heterocycles. The van der Waals surface area contributed by atoms with Crippen molar-refractivity contribution in [2.45, 2.75) is 32.8 Å². The van der Waals surface area contributed by atoms with E-state index < -0.39 is 0 Å². The normalized spacial score (nSPS) is 20.0. The number of carbonyl (C=O) groups excluding carboxylic acids is 1. The maximum atomic E-state index is 11.8. The standard InChI is InChI=1S/C12H17NO3/c1-8-6-11(9(2)16-8)12(14)13-7-10-4-3-5-15-10/h6,10H,3-5,7H2,1-2H3,(H,13,14)/t10-/m0/s1. The molecule has 1 atom stereocenters. The average molecular weight is 223 g/mol. The minimum Gasteiger partial charge on any atom is -0.466 e. The summed E-state index contributed by atoms with van der Waals surface area (Å²) in [5, 5.41) is 2.87. The summed E-state index contributed by atoms with van der Waals surface area (Å²) in [5.74, 6) is 1.35. The smallest absolute Gasteiger partial charge is 0.254 e. The Morgan fingerprint density at radius 2 is 2.38 bits per heavy atom. The summed E-state index contributed by atoms with van der Waals surface area (Å²) >= 11 is 0. The zero-order valence-electron chi connectivity index (χ0n) is 9.71. The topological polar surface area (TPSA) is 51.5 Å². The van der Waals surface area contributed by atoms with Crippen LogP contribution in [0.15, 0.2) is 10.5 Å². The second-order valence-electron chi connectivity index (χ2n) is 4.17. The van der Waals surface area contributed by atoms with Crippen LogP contribution >= 0.6 is 0 Å². The van der Waals surface area contributed by atoms with Gasteiger partial charge in [0, 0.05) is 13.2 Å². The number of hydrogen-bond acceptors (Lipinski definition) is 3. The first-order valence-electron chi connectivity index (χ1n) is 5.63. The van der Waals surface area contributed by atoms with E-state index in [-0.39, 0.29) is 12.0 Å². The summed E-state index contributed by atoms with van der Waals surface area (Å²) in [6, 6.07) is 1.76. The van der Waals surface area contributed by atoms with Crippen LogP contribution in [0.5, 0.6) is 0 Å². The predicted molar refractivity (Wildman–Crippen MR) is 59.5 cm³/mol. The summed E-state index contributed by atoms with van der Waals surface area (Å²) < 4.78 is 10.8. The second kappa shape index (κ2) is 4.70. The van der Waals surface area contributed by atoms with E-state index in [1.807, 2.05) is 6.92 Å². The van der Waals surface area contributed by atoms with Gasteiger partial charge in [-0.25, -0.2) is 0 Å². The van der Waals surface area contributed by atoms with E-state index in [0.29, 0.717) is 17.9 Å². The third-order valence-corrected chi connectivity index (χ3v) is 2.80. The van der Waals surface area contributed by atoms with Gasteiger partial charge in [-0.05, 0) is 32.8 Å². The quantitative estimate of drug-likeness (QED) is 0.850. The van der Waals surface area contributed by atoms with Gasteiger partial charge in [-0.3, -0.25) is 4.79 Å². The third-order valence-electron chi connectivity index (χ3n) is 2.80. The van der Waals surface area contributed by atoms with Crippen molar-refractivity contribution in [3.05, 3.63) is 23.2 Å². The molecule has 1 amide bonds. The molecule has 4 heteroatoms. The highest BCUT2D eigenvalue weighted by Gasteiger charge is 2.18. The third kappa shape index (κ3) is 2.44. The number of furan rings is 1. The molecule has 0 aromatic carbocycles. The molecule has 16 heavy (non-hydrogen) atoms. The monoisotopic (exact) mass is 223 g/mol. The van der Waals surface area contributed by atoms with Gasteiger partial charge in [0.2, 0.25) is 0 Å². The Balaban J connectivity index is 1.90. The van der Waals surface area contributed by atoms with E-state index in [9.17, 15) is 4.79 Å². The van der Waals surface area contributed by atoms with Crippen molar-refractivity contribution < 1.29 is 13.9 Å². The molecule has 0 radical (unpaired) electrons. The summed E-state index contributed by atoms with van der Waals surface area (Å²) in [5.41, 5.74) is 0.621. The van der Waals surface area contributed by atoms with Crippen LogP contribution in [0.2, 0.25) is 0 Å². The van der Waals surface area contributed by atoms with Crippen LogP contribution in [0, 0.1) is 13.8 Å². The second-order valence-corrected chi connectivity index (χ2v) is 4.17. The molecule has 0 bridgehead atoms. The van der Waals surface area contributed by atoms with Crippen molar-refractivity contribution in [2.75, 3.05) is 13.2 Å². The molecule has 1 saturated heterocycles. The number of carbonyl (C=O) groups is 1. The van der Waals surface area contributed by atoms with Gasteiger partial charge in [-0.2, -0.15) is 0 Å². The molecule has 1 aliphatic rings. The molecular weight excluding hydrogens is 206 g/mol. The van der Waals surface area contributed by atoms with E-state index in [2.05, 4.69) is 5.32 Å². The lowest BCUT2D eigenvalue weighted by molar-refractivity contribution is 0.0856. The fourth-order valence-electron chi connectivity index (χ4n) is 1.96. The first kappa shape index (κ1) is 11.2. The highest BCUT2D eigenvalue weighted by Crippen LogP contribution is 2.14. The predicted octanol–water partition coefficient (Wildman–Crippen LogP) is 1.81. The van der Waals surface area contributed by atoms with Crippen molar-refractivity contribution in [1.29, 1.82) is 0 Å². The molecular formula is C12H17NO3. The van der Waals surface area contributed by atoms with Crippen LogP contribution in [0.3, 0.4) is 0 Å². The largest absolute Gasteiger partial charge is 0.466 e. The number of ether oxygens (including phenoxy) is 1. The molecule has 1 N–H and O–H groups in total. The molecule has 1 aliphatic heterocycles. The lowest BCUT2D eigenvalue weighted by Crippen LogP contribution is -2.31. The van der Waals surface area contributed by atoms with Crippen molar-refractivity contribution >= 4 is 5.91 Å². The summed E-state index contributed by atoms with van der Waals surface area (Å²) in [7, 11) is 0. The first-order chi connectivity index (χ1) is 7.66. The Labute approximate surface area is 95.0 Å². The number of aryl methyl sites for hydroxylation is 2. The van der Waals surface area contributed by atoms with E-state index in [4.69, 9.17) is 9.15 Å². The molecule has 0 unspecified atom stereocenters. The highest BCUT2D eigenvalue weighted by molar-refractivity contribution is 5.95. The molecule has 0 saturated carbocycles. The van der Waals surface area contributed by atoms with Gasteiger partial charge in [0.25, 0.3) is 5.91 Å². The molecule has 88 valence electrons. The lowest BCUT2D eigenvalue weighted by atomic mass is 10.2. The van der Waals surface area contributed by atoms with Gasteiger partial charge in [0.15, 0.2) is 0 Å². The van der Waals surface area contributed by atoms with Gasteiger partial charge >= 0.3 is 0 Å². The zero-order valence-corrected chi connectivity index (χ0v) is 9.71. The molecule has 0 spiro atoms. The van der Waals surface area contributed by atoms with Crippen molar-refractivity contribution in [3.8, 4) is 0 Å². The molecule has 0 aliphatic carbocycles. The van der Waals surface area contributed by atoms with Crippen LogP contribution in [-0.2, 0) is 4.74 Å². The Morgan fingerprint density at radius 3 is 2.94 bits per heavy atom. The number of nitrogens with one attached hydrogen (secondary N) is 1. The molecule has 2 rings (SSSR count). The summed E-state index contributed by atoms with van der Waals surface area (Å²) in [6.07, 6.45) is 2.30. The van der Waals surface area contributed by atoms with E-state index >= 15 is 0 Å². The average Bonchev–Trinajstić information content (AvgIpc) is 2.84. The van der Waals surface area contributed by atoms with E-state index in [0.717, 1.165) is 25.2 Å². The molecule has 1 aromatic rings. The van der Waals surface area contributed by atoms with Gasteiger partial charge in [0.05, 0.1) is 11.7 Å². The van der Waals surface area contributed by atoms with Crippen molar-refractivity contribution in [3.63, 3.8) is 0 Å². The molecule has 4 nitrogen and oxygen atoms in total. The maximum absolute atomic E-state index is 11.8.